The molecule has 2 heterocycles. The first-order valence-corrected chi connectivity index (χ1v) is 9.72. The van der Waals surface area contributed by atoms with Crippen molar-refractivity contribution in [1.29, 1.82) is 0 Å². The number of ether oxygens (including phenoxy) is 2. The lowest BCUT2D eigenvalue weighted by Crippen LogP contribution is -2.31. The fourth-order valence-electron chi connectivity index (χ4n) is 3.59. The second-order valence-electron chi connectivity index (χ2n) is 6.76. The van der Waals surface area contributed by atoms with Crippen molar-refractivity contribution in [2.75, 3.05) is 20.3 Å². The van der Waals surface area contributed by atoms with Gasteiger partial charge in [-0.3, -0.25) is 4.79 Å². The Morgan fingerprint density at radius 2 is 2.07 bits per heavy atom. The minimum atomic E-state index is -0.246. The van der Waals surface area contributed by atoms with Crippen LogP contribution in [-0.2, 0) is 0 Å². The third-order valence-electron chi connectivity index (χ3n) is 4.97. The van der Waals surface area contributed by atoms with Crippen LogP contribution in [0.15, 0.2) is 52.9 Å². The molecule has 1 atom stereocenters. The lowest BCUT2D eigenvalue weighted by molar-refractivity contribution is 0.0711. The number of amides is 1. The summed E-state index contributed by atoms with van der Waals surface area (Å²) in [5.41, 5.74) is 1.33. The predicted octanol–water partition coefficient (Wildman–Crippen LogP) is 4.12. The van der Waals surface area contributed by atoms with Gasteiger partial charge in [-0.2, -0.15) is 0 Å². The Hall–Kier alpha value is -3.35. The van der Waals surface area contributed by atoms with Crippen LogP contribution in [-0.4, -0.2) is 41.3 Å². The molecule has 7 nitrogen and oxygen atoms in total. The summed E-state index contributed by atoms with van der Waals surface area (Å²) in [6.45, 7) is 3.04. The average molecular weight is 393 g/mol. The highest BCUT2D eigenvalue weighted by molar-refractivity contribution is 5.97. The molecule has 1 unspecified atom stereocenters. The Balaban J connectivity index is 1.59. The SMILES string of the molecule is CCOc1ccccc1C(=O)N1CCCC1c1nnc(-c2cccc(OC)c2)o1. The standard InChI is InChI=1S/C22H23N3O4/c1-3-28-19-12-5-4-10-17(19)22(26)25-13-7-11-18(25)21-24-23-20(29-21)15-8-6-9-16(14-15)27-2/h4-6,8-10,12,14,18H,3,7,11,13H2,1-2H3. The minimum absolute atomic E-state index is 0.0855. The summed E-state index contributed by atoms with van der Waals surface area (Å²) >= 11 is 0. The Bertz CT molecular complexity index is 1000. The Kier molecular flexibility index (Phi) is 5.46. The van der Waals surface area contributed by atoms with Crippen LogP contribution in [0.5, 0.6) is 11.5 Å². The molecule has 7 heteroatoms. The van der Waals surface area contributed by atoms with Crippen molar-refractivity contribution in [2.45, 2.75) is 25.8 Å². The summed E-state index contributed by atoms with van der Waals surface area (Å²) in [5, 5.41) is 8.42. The van der Waals surface area contributed by atoms with Gasteiger partial charge in [-0.15, -0.1) is 10.2 Å². The van der Waals surface area contributed by atoms with Gasteiger partial charge in [-0.05, 0) is 50.1 Å². The first-order chi connectivity index (χ1) is 14.2. The lowest BCUT2D eigenvalue weighted by atomic mass is 10.1. The van der Waals surface area contributed by atoms with Crippen LogP contribution in [0.2, 0.25) is 0 Å². The monoisotopic (exact) mass is 393 g/mol. The number of aromatic nitrogens is 2. The minimum Gasteiger partial charge on any atom is -0.497 e. The van der Waals surface area contributed by atoms with E-state index in [-0.39, 0.29) is 11.9 Å². The molecule has 2 aromatic carbocycles. The number of nitrogens with zero attached hydrogens (tertiary/aromatic N) is 3. The number of carbonyl (C=O) groups excluding carboxylic acids is 1. The van der Waals surface area contributed by atoms with E-state index in [1.807, 2.05) is 49.4 Å². The van der Waals surface area contributed by atoms with Gasteiger partial charge >= 0.3 is 0 Å². The van der Waals surface area contributed by atoms with E-state index < -0.39 is 0 Å². The molecule has 1 aliphatic heterocycles. The first kappa shape index (κ1) is 19.0. The topological polar surface area (TPSA) is 77.7 Å². The van der Waals surface area contributed by atoms with E-state index in [4.69, 9.17) is 13.9 Å². The number of rotatable bonds is 6. The molecule has 1 aliphatic rings. The van der Waals surface area contributed by atoms with Crippen LogP contribution in [0.1, 0.15) is 42.1 Å². The number of hydrogen-bond acceptors (Lipinski definition) is 6. The molecule has 1 aromatic heterocycles. The zero-order chi connectivity index (χ0) is 20.2. The molecule has 1 fully saturated rings. The number of likely N-dealkylation sites (tertiary alicyclic amines) is 1. The van der Waals surface area contributed by atoms with E-state index >= 15 is 0 Å². The summed E-state index contributed by atoms with van der Waals surface area (Å²) in [6, 6.07) is 14.5. The summed E-state index contributed by atoms with van der Waals surface area (Å²) in [7, 11) is 1.61. The molecule has 0 N–H and O–H groups in total. The summed E-state index contributed by atoms with van der Waals surface area (Å²) in [6.07, 6.45) is 1.66. The largest absolute Gasteiger partial charge is 0.497 e. The van der Waals surface area contributed by atoms with E-state index in [0.29, 0.717) is 42.0 Å². The molecule has 0 radical (unpaired) electrons. The van der Waals surface area contributed by atoms with Crippen LogP contribution in [0.25, 0.3) is 11.5 Å². The molecule has 0 aliphatic carbocycles. The number of hydrogen-bond donors (Lipinski definition) is 0. The zero-order valence-electron chi connectivity index (χ0n) is 16.5. The highest BCUT2D eigenvalue weighted by Gasteiger charge is 2.35. The Labute approximate surface area is 169 Å². The predicted molar refractivity (Wildman–Crippen MR) is 107 cm³/mol. The highest BCUT2D eigenvalue weighted by atomic mass is 16.5. The third kappa shape index (κ3) is 3.81. The second-order valence-corrected chi connectivity index (χ2v) is 6.76. The van der Waals surface area contributed by atoms with E-state index in [9.17, 15) is 4.79 Å². The number of para-hydroxylation sites is 1. The maximum atomic E-state index is 13.2. The van der Waals surface area contributed by atoms with Gasteiger partial charge in [0.2, 0.25) is 11.8 Å². The van der Waals surface area contributed by atoms with Crippen LogP contribution >= 0.6 is 0 Å². The highest BCUT2D eigenvalue weighted by Crippen LogP contribution is 2.35. The normalized spacial score (nSPS) is 16.1. The molecular formula is C22H23N3O4. The van der Waals surface area contributed by atoms with E-state index in [0.717, 1.165) is 18.4 Å². The number of carbonyl (C=O) groups is 1. The molecule has 4 rings (SSSR count). The van der Waals surface area contributed by atoms with Crippen molar-refractivity contribution in [3.63, 3.8) is 0 Å². The van der Waals surface area contributed by atoms with Gasteiger partial charge in [0.05, 0.1) is 19.3 Å². The Morgan fingerprint density at radius 3 is 2.90 bits per heavy atom. The fourth-order valence-corrected chi connectivity index (χ4v) is 3.59. The molecule has 0 spiro atoms. The number of methoxy groups -OCH3 is 1. The van der Waals surface area contributed by atoms with Gasteiger partial charge in [0.25, 0.3) is 5.91 Å². The molecular weight excluding hydrogens is 370 g/mol. The summed E-state index contributed by atoms with van der Waals surface area (Å²) in [4.78, 5) is 15.0. The van der Waals surface area contributed by atoms with Gasteiger partial charge in [-0.1, -0.05) is 18.2 Å². The van der Waals surface area contributed by atoms with Crippen LogP contribution < -0.4 is 9.47 Å². The zero-order valence-corrected chi connectivity index (χ0v) is 16.5. The molecule has 150 valence electrons. The van der Waals surface area contributed by atoms with E-state index in [1.165, 1.54) is 0 Å². The van der Waals surface area contributed by atoms with Crippen LogP contribution in [0.3, 0.4) is 0 Å². The van der Waals surface area contributed by atoms with Crippen LogP contribution in [0.4, 0.5) is 0 Å². The van der Waals surface area contributed by atoms with Crippen molar-refractivity contribution < 1.29 is 18.7 Å². The van der Waals surface area contributed by atoms with Gasteiger partial charge < -0.3 is 18.8 Å². The summed E-state index contributed by atoms with van der Waals surface area (Å²) in [5.74, 6) is 2.08. The first-order valence-electron chi connectivity index (χ1n) is 9.72. The third-order valence-corrected chi connectivity index (χ3v) is 4.97. The Morgan fingerprint density at radius 1 is 1.21 bits per heavy atom. The van der Waals surface area contributed by atoms with Crippen molar-refractivity contribution >= 4 is 5.91 Å². The molecule has 3 aromatic rings. The van der Waals surface area contributed by atoms with Crippen molar-refractivity contribution in [3.05, 3.63) is 60.0 Å². The molecule has 1 saturated heterocycles. The quantitative estimate of drug-likeness (QED) is 0.627. The van der Waals surface area contributed by atoms with Gasteiger partial charge in [0.1, 0.15) is 17.5 Å². The van der Waals surface area contributed by atoms with Gasteiger partial charge in [0, 0.05) is 12.1 Å². The van der Waals surface area contributed by atoms with Crippen molar-refractivity contribution in [3.8, 4) is 23.0 Å². The van der Waals surface area contributed by atoms with Crippen LogP contribution in [0, 0.1) is 0 Å². The second kappa shape index (κ2) is 8.34. The fraction of sp³-hybridized carbons (Fsp3) is 0.318. The maximum absolute atomic E-state index is 13.2. The summed E-state index contributed by atoms with van der Waals surface area (Å²) < 4.78 is 16.8. The average Bonchev–Trinajstić information content (AvgIpc) is 3.43. The molecule has 0 saturated carbocycles. The molecule has 29 heavy (non-hydrogen) atoms. The number of benzene rings is 2. The van der Waals surface area contributed by atoms with E-state index in [1.54, 1.807) is 18.1 Å². The maximum Gasteiger partial charge on any atom is 0.258 e. The van der Waals surface area contributed by atoms with Crippen molar-refractivity contribution in [2.24, 2.45) is 0 Å². The lowest BCUT2D eigenvalue weighted by Gasteiger charge is -2.23. The smallest absolute Gasteiger partial charge is 0.258 e. The van der Waals surface area contributed by atoms with Gasteiger partial charge in [-0.25, -0.2) is 0 Å². The molecule has 1 amide bonds. The van der Waals surface area contributed by atoms with E-state index in [2.05, 4.69) is 10.2 Å². The van der Waals surface area contributed by atoms with Crippen molar-refractivity contribution in [1.82, 2.24) is 15.1 Å². The van der Waals surface area contributed by atoms with Gasteiger partial charge in [0.15, 0.2) is 0 Å². The molecule has 0 bridgehead atoms.